The number of nitrogens with one attached hydrogen (secondary N) is 1. The highest BCUT2D eigenvalue weighted by Crippen LogP contribution is 2.31. The minimum Gasteiger partial charge on any atom is -0.440 e. The van der Waals surface area contributed by atoms with E-state index in [0.717, 1.165) is 41.1 Å². The normalized spacial score (nSPS) is 15.2. The lowest BCUT2D eigenvalue weighted by molar-refractivity contribution is 0.0707. The van der Waals surface area contributed by atoms with Gasteiger partial charge in [0.05, 0.1) is 17.5 Å². The van der Waals surface area contributed by atoms with Crippen LogP contribution >= 0.6 is 0 Å². The van der Waals surface area contributed by atoms with Gasteiger partial charge in [-0.1, -0.05) is 42.5 Å². The topological polar surface area (TPSA) is 75.0 Å². The molecule has 6 nitrogen and oxygen atoms in total. The summed E-state index contributed by atoms with van der Waals surface area (Å²) in [4.78, 5) is 19.6. The molecule has 1 fully saturated rings. The van der Waals surface area contributed by atoms with Gasteiger partial charge in [-0.15, -0.1) is 0 Å². The lowest BCUT2D eigenvalue weighted by Gasteiger charge is -2.30. The SMILES string of the molecule is O=C(c1cn[nH]c1-c1ccccc1)N1CCC(c2nc3ccccc3o2)CC1. The van der Waals surface area contributed by atoms with Crippen LogP contribution in [0.25, 0.3) is 22.4 Å². The Labute approximate surface area is 162 Å². The summed E-state index contributed by atoms with van der Waals surface area (Å²) in [5, 5.41) is 7.07. The average Bonchev–Trinajstić information content (AvgIpc) is 3.41. The Morgan fingerprint density at radius 1 is 1.04 bits per heavy atom. The fourth-order valence-corrected chi connectivity index (χ4v) is 3.84. The van der Waals surface area contributed by atoms with E-state index in [1.165, 1.54) is 0 Å². The van der Waals surface area contributed by atoms with Crippen molar-refractivity contribution in [2.45, 2.75) is 18.8 Å². The largest absolute Gasteiger partial charge is 0.440 e. The smallest absolute Gasteiger partial charge is 0.257 e. The molecule has 5 rings (SSSR count). The summed E-state index contributed by atoms with van der Waals surface area (Å²) >= 11 is 0. The molecule has 0 atom stereocenters. The summed E-state index contributed by atoms with van der Waals surface area (Å²) in [6.07, 6.45) is 3.31. The molecule has 2 aromatic heterocycles. The first-order valence-corrected chi connectivity index (χ1v) is 9.53. The summed E-state index contributed by atoms with van der Waals surface area (Å²) < 4.78 is 5.92. The van der Waals surface area contributed by atoms with Crippen LogP contribution in [-0.2, 0) is 0 Å². The summed E-state index contributed by atoms with van der Waals surface area (Å²) in [5.41, 5.74) is 4.06. The maximum absolute atomic E-state index is 13.1. The molecule has 140 valence electrons. The highest BCUT2D eigenvalue weighted by atomic mass is 16.3. The van der Waals surface area contributed by atoms with Crippen molar-refractivity contribution in [2.24, 2.45) is 0 Å². The van der Waals surface area contributed by atoms with E-state index in [0.29, 0.717) is 18.7 Å². The highest BCUT2D eigenvalue weighted by Gasteiger charge is 2.29. The third kappa shape index (κ3) is 2.97. The number of piperidine rings is 1. The molecule has 0 unspecified atom stereocenters. The van der Waals surface area contributed by atoms with Crippen LogP contribution in [0, 0.1) is 0 Å². The van der Waals surface area contributed by atoms with Crippen molar-refractivity contribution in [1.82, 2.24) is 20.1 Å². The van der Waals surface area contributed by atoms with Crippen LogP contribution in [0.2, 0.25) is 0 Å². The number of rotatable bonds is 3. The second kappa shape index (κ2) is 6.96. The number of carbonyl (C=O) groups is 1. The number of amides is 1. The van der Waals surface area contributed by atoms with E-state index in [1.807, 2.05) is 59.5 Å². The molecule has 1 amide bonds. The van der Waals surface area contributed by atoms with E-state index in [-0.39, 0.29) is 11.8 Å². The van der Waals surface area contributed by atoms with E-state index < -0.39 is 0 Å². The van der Waals surface area contributed by atoms with Gasteiger partial charge in [0.15, 0.2) is 11.5 Å². The first kappa shape index (κ1) is 16.7. The highest BCUT2D eigenvalue weighted by molar-refractivity contribution is 5.99. The number of aromatic amines is 1. The van der Waals surface area contributed by atoms with Gasteiger partial charge < -0.3 is 9.32 Å². The molecule has 1 N–H and O–H groups in total. The first-order valence-electron chi connectivity index (χ1n) is 9.53. The molecule has 1 aliphatic heterocycles. The zero-order valence-electron chi connectivity index (χ0n) is 15.3. The quantitative estimate of drug-likeness (QED) is 0.584. The summed E-state index contributed by atoms with van der Waals surface area (Å²) in [6.45, 7) is 1.36. The van der Waals surface area contributed by atoms with Crippen molar-refractivity contribution in [1.29, 1.82) is 0 Å². The molecule has 0 spiro atoms. The van der Waals surface area contributed by atoms with Crippen LogP contribution in [0.5, 0.6) is 0 Å². The van der Waals surface area contributed by atoms with Gasteiger partial charge in [-0.2, -0.15) is 5.10 Å². The van der Waals surface area contributed by atoms with Gasteiger partial charge in [-0.05, 0) is 25.0 Å². The zero-order valence-corrected chi connectivity index (χ0v) is 15.3. The van der Waals surface area contributed by atoms with Crippen LogP contribution < -0.4 is 0 Å². The number of hydrogen-bond acceptors (Lipinski definition) is 4. The van der Waals surface area contributed by atoms with Gasteiger partial charge in [-0.3, -0.25) is 9.89 Å². The molecule has 1 saturated heterocycles. The summed E-state index contributed by atoms with van der Waals surface area (Å²) in [5.74, 6) is 1.04. The molecule has 0 saturated carbocycles. The molecule has 4 aromatic rings. The van der Waals surface area contributed by atoms with E-state index >= 15 is 0 Å². The van der Waals surface area contributed by atoms with Crippen molar-refractivity contribution in [3.8, 4) is 11.3 Å². The van der Waals surface area contributed by atoms with Gasteiger partial charge in [0.2, 0.25) is 0 Å². The van der Waals surface area contributed by atoms with Gasteiger partial charge in [0.25, 0.3) is 5.91 Å². The number of H-pyrrole nitrogens is 1. The van der Waals surface area contributed by atoms with E-state index in [2.05, 4.69) is 15.2 Å². The Bertz CT molecular complexity index is 1070. The molecule has 6 heteroatoms. The number of oxazole rings is 1. The average molecular weight is 372 g/mol. The number of likely N-dealkylation sites (tertiary alicyclic amines) is 1. The Hall–Kier alpha value is -3.41. The predicted octanol–water partition coefficient (Wildman–Crippen LogP) is 4.24. The Morgan fingerprint density at radius 2 is 1.79 bits per heavy atom. The van der Waals surface area contributed by atoms with Crippen molar-refractivity contribution in [3.63, 3.8) is 0 Å². The maximum atomic E-state index is 13.1. The fraction of sp³-hybridized carbons (Fsp3) is 0.227. The fourth-order valence-electron chi connectivity index (χ4n) is 3.84. The monoisotopic (exact) mass is 372 g/mol. The molecule has 3 heterocycles. The van der Waals surface area contributed by atoms with Crippen LogP contribution in [0.3, 0.4) is 0 Å². The Kier molecular flexibility index (Phi) is 4.16. The molecular formula is C22H20N4O2. The van der Waals surface area contributed by atoms with Crippen molar-refractivity contribution in [3.05, 3.63) is 72.2 Å². The van der Waals surface area contributed by atoms with Crippen LogP contribution in [0.15, 0.2) is 65.2 Å². The van der Waals surface area contributed by atoms with Crippen molar-refractivity contribution >= 4 is 17.0 Å². The molecule has 0 bridgehead atoms. The molecule has 1 aliphatic rings. The summed E-state index contributed by atoms with van der Waals surface area (Å²) in [7, 11) is 0. The first-order chi connectivity index (χ1) is 13.8. The van der Waals surface area contributed by atoms with Gasteiger partial charge in [0.1, 0.15) is 5.52 Å². The third-order valence-corrected chi connectivity index (χ3v) is 5.37. The van der Waals surface area contributed by atoms with Gasteiger partial charge in [-0.25, -0.2) is 4.98 Å². The molecule has 0 aliphatic carbocycles. The van der Waals surface area contributed by atoms with Crippen molar-refractivity contribution in [2.75, 3.05) is 13.1 Å². The van der Waals surface area contributed by atoms with Crippen LogP contribution in [0.1, 0.15) is 35.0 Å². The number of benzene rings is 2. The standard InChI is InChI=1S/C22H20N4O2/c27-22(17-14-23-25-20(17)15-6-2-1-3-7-15)26-12-10-16(11-13-26)21-24-18-8-4-5-9-19(18)28-21/h1-9,14,16H,10-13H2,(H,23,25). The predicted molar refractivity (Wildman–Crippen MR) is 106 cm³/mol. The van der Waals surface area contributed by atoms with E-state index in [9.17, 15) is 4.79 Å². The minimum atomic E-state index is 0.0172. The molecular weight excluding hydrogens is 352 g/mol. The van der Waals surface area contributed by atoms with Gasteiger partial charge in [0, 0.05) is 24.6 Å². The third-order valence-electron chi connectivity index (χ3n) is 5.37. The second-order valence-corrected chi connectivity index (χ2v) is 7.11. The number of hydrogen-bond donors (Lipinski definition) is 1. The molecule has 28 heavy (non-hydrogen) atoms. The maximum Gasteiger partial charge on any atom is 0.257 e. The number of carbonyl (C=O) groups excluding carboxylic acids is 1. The van der Waals surface area contributed by atoms with Crippen LogP contribution in [0.4, 0.5) is 0 Å². The van der Waals surface area contributed by atoms with E-state index in [1.54, 1.807) is 6.20 Å². The Morgan fingerprint density at radius 3 is 2.57 bits per heavy atom. The minimum absolute atomic E-state index is 0.0172. The van der Waals surface area contributed by atoms with E-state index in [4.69, 9.17) is 4.42 Å². The Balaban J connectivity index is 1.31. The van der Waals surface area contributed by atoms with Crippen molar-refractivity contribution < 1.29 is 9.21 Å². The number of aromatic nitrogens is 3. The second-order valence-electron chi connectivity index (χ2n) is 7.11. The number of fused-ring (bicyclic) bond motifs is 1. The zero-order chi connectivity index (χ0) is 18.9. The number of para-hydroxylation sites is 2. The summed E-state index contributed by atoms with van der Waals surface area (Å²) in [6, 6.07) is 17.6. The molecule has 2 aromatic carbocycles. The lowest BCUT2D eigenvalue weighted by Crippen LogP contribution is -2.38. The van der Waals surface area contributed by atoms with Crippen LogP contribution in [-0.4, -0.2) is 39.1 Å². The molecule has 0 radical (unpaired) electrons. The van der Waals surface area contributed by atoms with Gasteiger partial charge >= 0.3 is 0 Å². The number of nitrogens with zero attached hydrogens (tertiary/aromatic N) is 3. The lowest BCUT2D eigenvalue weighted by atomic mass is 9.96.